The summed E-state index contributed by atoms with van der Waals surface area (Å²) >= 11 is 4.32. The van der Waals surface area contributed by atoms with Crippen molar-refractivity contribution < 1.29 is 18.7 Å². The number of Topliss-reactive ketones (excluding diaryl/α,β-unsaturated/α-hetero) is 1. The minimum Gasteiger partial charge on any atom is -0.464 e. The molecular formula is C13H9BrFNO3S. The molecule has 104 valence electrons. The first kappa shape index (κ1) is 14.8. The molecule has 0 fully saturated rings. The highest BCUT2D eigenvalue weighted by atomic mass is 79.9. The summed E-state index contributed by atoms with van der Waals surface area (Å²) in [5.41, 5.74) is 0.434. The predicted molar refractivity (Wildman–Crippen MR) is 76.6 cm³/mol. The van der Waals surface area contributed by atoms with Gasteiger partial charge in [-0.3, -0.25) is 4.79 Å². The van der Waals surface area contributed by atoms with Crippen LogP contribution in [0.25, 0.3) is 10.6 Å². The number of thiazole rings is 1. The lowest BCUT2D eigenvalue weighted by Crippen LogP contribution is -2.06. The molecule has 1 aromatic carbocycles. The van der Waals surface area contributed by atoms with E-state index in [0.717, 1.165) is 11.3 Å². The van der Waals surface area contributed by atoms with Gasteiger partial charge in [0.2, 0.25) is 0 Å². The van der Waals surface area contributed by atoms with Crippen LogP contribution in [-0.2, 0) is 4.74 Å². The number of benzene rings is 1. The Morgan fingerprint density at radius 2 is 2.10 bits per heavy atom. The molecule has 0 bridgehead atoms. The van der Waals surface area contributed by atoms with Gasteiger partial charge in [0, 0.05) is 17.0 Å². The highest BCUT2D eigenvalue weighted by Crippen LogP contribution is 2.34. The van der Waals surface area contributed by atoms with E-state index in [0.29, 0.717) is 15.0 Å². The quantitative estimate of drug-likeness (QED) is 0.620. The van der Waals surface area contributed by atoms with E-state index < -0.39 is 11.8 Å². The lowest BCUT2D eigenvalue weighted by molar-refractivity contribution is 0.0591. The second-order valence-electron chi connectivity index (χ2n) is 3.87. The van der Waals surface area contributed by atoms with Crippen molar-refractivity contribution in [3.8, 4) is 10.6 Å². The van der Waals surface area contributed by atoms with Gasteiger partial charge in [-0.05, 0) is 18.2 Å². The lowest BCUT2D eigenvalue weighted by Gasteiger charge is -2.00. The van der Waals surface area contributed by atoms with Crippen LogP contribution in [0.4, 0.5) is 4.39 Å². The first-order chi connectivity index (χ1) is 9.43. The molecular weight excluding hydrogens is 349 g/mol. The first-order valence-electron chi connectivity index (χ1n) is 5.49. The summed E-state index contributed by atoms with van der Waals surface area (Å²) in [6, 6.07) is 4.12. The molecule has 4 nitrogen and oxygen atoms in total. The third-order valence-electron chi connectivity index (χ3n) is 2.48. The zero-order valence-electron chi connectivity index (χ0n) is 10.6. The van der Waals surface area contributed by atoms with Crippen LogP contribution in [0, 0.1) is 5.82 Å². The van der Waals surface area contributed by atoms with Gasteiger partial charge >= 0.3 is 5.97 Å². The summed E-state index contributed by atoms with van der Waals surface area (Å²) in [5.74, 6) is -1.41. The first-order valence-corrected chi connectivity index (χ1v) is 7.10. The van der Waals surface area contributed by atoms with Crippen LogP contribution in [0.5, 0.6) is 0 Å². The number of hydrogen-bond acceptors (Lipinski definition) is 5. The van der Waals surface area contributed by atoms with Gasteiger partial charge in [-0.25, -0.2) is 14.2 Å². The van der Waals surface area contributed by atoms with E-state index in [-0.39, 0.29) is 16.4 Å². The SMILES string of the molecule is COC(=O)c1nc(-c2cc(F)ccc2Br)sc1C(C)=O. The maximum absolute atomic E-state index is 13.3. The average Bonchev–Trinajstić information content (AvgIpc) is 2.85. The standard InChI is InChI=1S/C13H9BrFNO3S/c1-6(17)11-10(13(18)19-2)16-12(20-11)8-5-7(15)3-4-9(8)14/h3-5H,1-2H3. The predicted octanol–water partition coefficient (Wildman–Crippen LogP) is 3.70. The molecule has 0 unspecified atom stereocenters. The van der Waals surface area contributed by atoms with Crippen LogP contribution >= 0.6 is 27.3 Å². The van der Waals surface area contributed by atoms with Crippen molar-refractivity contribution in [3.63, 3.8) is 0 Å². The minimum atomic E-state index is -0.690. The molecule has 1 heterocycles. The number of halogens is 2. The summed E-state index contributed by atoms with van der Waals surface area (Å²) in [7, 11) is 1.21. The van der Waals surface area contributed by atoms with Crippen molar-refractivity contribution in [2.75, 3.05) is 7.11 Å². The van der Waals surface area contributed by atoms with Crippen molar-refractivity contribution in [2.45, 2.75) is 6.92 Å². The Kier molecular flexibility index (Phi) is 4.29. The van der Waals surface area contributed by atoms with E-state index >= 15 is 0 Å². The molecule has 0 aliphatic heterocycles. The largest absolute Gasteiger partial charge is 0.464 e. The number of carbonyl (C=O) groups excluding carboxylic acids is 2. The Labute approximate surface area is 126 Å². The molecule has 0 spiro atoms. The van der Waals surface area contributed by atoms with Crippen LogP contribution in [0.15, 0.2) is 22.7 Å². The summed E-state index contributed by atoms with van der Waals surface area (Å²) in [6.45, 7) is 1.34. The molecule has 0 radical (unpaired) electrons. The van der Waals surface area contributed by atoms with Gasteiger partial charge in [-0.15, -0.1) is 11.3 Å². The van der Waals surface area contributed by atoms with Gasteiger partial charge in [0.15, 0.2) is 11.5 Å². The number of ether oxygens (including phenoxy) is 1. The molecule has 0 aliphatic rings. The number of esters is 1. The number of nitrogens with zero attached hydrogens (tertiary/aromatic N) is 1. The fraction of sp³-hybridized carbons (Fsp3) is 0.154. The molecule has 1 aromatic heterocycles. The number of ketones is 1. The molecule has 20 heavy (non-hydrogen) atoms. The van der Waals surface area contributed by atoms with E-state index in [1.54, 1.807) is 0 Å². The molecule has 0 atom stereocenters. The topological polar surface area (TPSA) is 56.3 Å². The minimum absolute atomic E-state index is 0.0452. The third kappa shape index (κ3) is 2.78. The molecule has 0 amide bonds. The number of carbonyl (C=O) groups is 2. The van der Waals surface area contributed by atoms with E-state index in [1.807, 2.05) is 0 Å². The van der Waals surface area contributed by atoms with E-state index in [9.17, 15) is 14.0 Å². The van der Waals surface area contributed by atoms with Gasteiger partial charge < -0.3 is 4.74 Å². The monoisotopic (exact) mass is 357 g/mol. The summed E-state index contributed by atoms with van der Waals surface area (Å²) in [4.78, 5) is 27.5. The Bertz CT molecular complexity index is 699. The number of methoxy groups -OCH3 is 1. The molecule has 0 aliphatic carbocycles. The Morgan fingerprint density at radius 1 is 1.40 bits per heavy atom. The third-order valence-corrected chi connectivity index (χ3v) is 4.37. The number of hydrogen-bond donors (Lipinski definition) is 0. The highest BCUT2D eigenvalue weighted by molar-refractivity contribution is 9.10. The smallest absolute Gasteiger partial charge is 0.358 e. The van der Waals surface area contributed by atoms with E-state index in [2.05, 4.69) is 25.7 Å². The van der Waals surface area contributed by atoms with Crippen LogP contribution in [0.3, 0.4) is 0 Å². The van der Waals surface area contributed by atoms with Gasteiger partial charge in [-0.2, -0.15) is 0 Å². The summed E-state index contributed by atoms with van der Waals surface area (Å²) < 4.78 is 18.5. The Balaban J connectivity index is 2.61. The maximum Gasteiger partial charge on any atom is 0.358 e. The van der Waals surface area contributed by atoms with Gasteiger partial charge in [-0.1, -0.05) is 15.9 Å². The van der Waals surface area contributed by atoms with Crippen LogP contribution < -0.4 is 0 Å². The van der Waals surface area contributed by atoms with Crippen molar-refractivity contribution in [1.82, 2.24) is 4.98 Å². The zero-order chi connectivity index (χ0) is 14.9. The van der Waals surface area contributed by atoms with Crippen LogP contribution in [-0.4, -0.2) is 23.8 Å². The van der Waals surface area contributed by atoms with Crippen molar-refractivity contribution >= 4 is 39.0 Å². The fourth-order valence-corrected chi connectivity index (χ4v) is 3.11. The van der Waals surface area contributed by atoms with Gasteiger partial charge in [0.1, 0.15) is 15.7 Å². The van der Waals surface area contributed by atoms with Crippen LogP contribution in [0.2, 0.25) is 0 Å². The molecule has 0 N–H and O–H groups in total. The zero-order valence-corrected chi connectivity index (χ0v) is 13.0. The Morgan fingerprint density at radius 3 is 2.70 bits per heavy atom. The second kappa shape index (κ2) is 5.80. The Hall–Kier alpha value is -1.60. The fourth-order valence-electron chi connectivity index (χ4n) is 1.57. The van der Waals surface area contributed by atoms with Crippen molar-refractivity contribution in [1.29, 1.82) is 0 Å². The molecule has 2 aromatic rings. The number of rotatable bonds is 3. The van der Waals surface area contributed by atoms with Crippen LogP contribution in [0.1, 0.15) is 27.1 Å². The summed E-state index contributed by atoms with van der Waals surface area (Å²) in [5, 5.41) is 0.377. The molecule has 7 heteroatoms. The normalized spacial score (nSPS) is 10.4. The van der Waals surface area contributed by atoms with Gasteiger partial charge in [0.25, 0.3) is 0 Å². The summed E-state index contributed by atoms with van der Waals surface area (Å²) in [6.07, 6.45) is 0. The average molecular weight is 358 g/mol. The maximum atomic E-state index is 13.3. The van der Waals surface area contributed by atoms with E-state index in [4.69, 9.17) is 0 Å². The number of aromatic nitrogens is 1. The molecule has 0 saturated carbocycles. The second-order valence-corrected chi connectivity index (χ2v) is 5.72. The van der Waals surface area contributed by atoms with E-state index in [1.165, 1.54) is 32.2 Å². The lowest BCUT2D eigenvalue weighted by atomic mass is 10.2. The molecule has 2 rings (SSSR count). The van der Waals surface area contributed by atoms with Crippen molar-refractivity contribution in [3.05, 3.63) is 39.1 Å². The molecule has 0 saturated heterocycles. The van der Waals surface area contributed by atoms with Gasteiger partial charge in [0.05, 0.1) is 7.11 Å². The highest BCUT2D eigenvalue weighted by Gasteiger charge is 2.23. The van der Waals surface area contributed by atoms with Crippen molar-refractivity contribution in [2.24, 2.45) is 0 Å².